The second-order valence-corrected chi connectivity index (χ2v) is 3.93. The Bertz CT molecular complexity index is 606. The molecule has 0 radical (unpaired) electrons. The van der Waals surface area contributed by atoms with Gasteiger partial charge in [0.15, 0.2) is 0 Å². The molecule has 0 aliphatic rings. The third-order valence-electron chi connectivity index (χ3n) is 2.43. The zero-order valence-corrected chi connectivity index (χ0v) is 10.4. The molecule has 2 N–H and O–H groups in total. The van der Waals surface area contributed by atoms with Gasteiger partial charge in [-0.2, -0.15) is 0 Å². The minimum atomic E-state index is -0.433. The molecule has 0 bridgehead atoms. The number of carbonyl (C=O) groups excluding carboxylic acids is 2. The summed E-state index contributed by atoms with van der Waals surface area (Å²) in [5.74, 6) is -0.809. The third kappa shape index (κ3) is 2.46. The molecule has 0 saturated carbocycles. The average molecular weight is 267 g/mol. The highest BCUT2D eigenvalue weighted by Crippen LogP contribution is 2.20. The van der Waals surface area contributed by atoms with Gasteiger partial charge in [0.05, 0.1) is 7.11 Å². The fourth-order valence-electron chi connectivity index (χ4n) is 1.62. The molecule has 0 aliphatic heterocycles. The maximum absolute atomic E-state index is 11.4. The predicted molar refractivity (Wildman–Crippen MR) is 69.0 cm³/mol. The Balaban J connectivity index is 2.33. The zero-order chi connectivity index (χ0) is 13.1. The summed E-state index contributed by atoms with van der Waals surface area (Å²) in [7, 11) is 1.32. The van der Waals surface area contributed by atoms with Gasteiger partial charge in [0.2, 0.25) is 5.91 Å². The number of esters is 1. The summed E-state index contributed by atoms with van der Waals surface area (Å²) in [6, 6.07) is 6.91. The lowest BCUT2D eigenvalue weighted by Crippen LogP contribution is -2.12. The minimum absolute atomic E-state index is 0.0986. The van der Waals surface area contributed by atoms with Gasteiger partial charge in [-0.1, -0.05) is 0 Å². The molecular formula is C12H11ClN2O3. The Labute approximate surface area is 108 Å². The molecule has 0 fully saturated rings. The summed E-state index contributed by atoms with van der Waals surface area (Å²) in [5, 5.41) is 3.44. The zero-order valence-electron chi connectivity index (χ0n) is 9.62. The molecule has 6 heteroatoms. The van der Waals surface area contributed by atoms with Crippen molar-refractivity contribution in [1.82, 2.24) is 4.98 Å². The van der Waals surface area contributed by atoms with Crippen LogP contribution in [0, 0.1) is 0 Å². The highest BCUT2D eigenvalue weighted by atomic mass is 35.5. The first kappa shape index (κ1) is 12.4. The molecule has 2 rings (SSSR count). The van der Waals surface area contributed by atoms with Crippen LogP contribution in [-0.2, 0) is 9.53 Å². The quantitative estimate of drug-likeness (QED) is 0.660. The van der Waals surface area contributed by atoms with E-state index in [-0.39, 0.29) is 11.8 Å². The van der Waals surface area contributed by atoms with E-state index < -0.39 is 5.97 Å². The Morgan fingerprint density at radius 1 is 1.39 bits per heavy atom. The maximum atomic E-state index is 11.4. The molecule has 5 nitrogen and oxygen atoms in total. The van der Waals surface area contributed by atoms with E-state index in [9.17, 15) is 9.59 Å². The van der Waals surface area contributed by atoms with Crippen LogP contribution in [0.5, 0.6) is 0 Å². The first-order valence-electron chi connectivity index (χ1n) is 5.21. The molecule has 0 atom stereocenters. The number of nitrogens with one attached hydrogen (secondary N) is 2. The van der Waals surface area contributed by atoms with Crippen molar-refractivity contribution >= 4 is 40.1 Å². The molecule has 0 unspecified atom stereocenters. The molecular weight excluding hydrogens is 256 g/mol. The summed E-state index contributed by atoms with van der Waals surface area (Å²) < 4.78 is 4.62. The second-order valence-electron chi connectivity index (χ2n) is 3.66. The molecule has 1 aromatic carbocycles. The van der Waals surface area contributed by atoms with Crippen molar-refractivity contribution in [2.24, 2.45) is 0 Å². The van der Waals surface area contributed by atoms with Gasteiger partial charge in [0.1, 0.15) is 11.6 Å². The summed E-state index contributed by atoms with van der Waals surface area (Å²) in [4.78, 5) is 25.4. The van der Waals surface area contributed by atoms with E-state index >= 15 is 0 Å². The van der Waals surface area contributed by atoms with Crippen molar-refractivity contribution in [1.29, 1.82) is 0 Å². The lowest BCUT2D eigenvalue weighted by Gasteiger charge is -2.02. The van der Waals surface area contributed by atoms with Gasteiger partial charge in [0, 0.05) is 16.6 Å². The van der Waals surface area contributed by atoms with Crippen LogP contribution in [0.1, 0.15) is 10.5 Å². The molecule has 0 aliphatic carbocycles. The normalized spacial score (nSPS) is 10.3. The van der Waals surface area contributed by atoms with Crippen LogP contribution in [-0.4, -0.2) is 29.9 Å². The van der Waals surface area contributed by atoms with E-state index in [0.717, 1.165) is 10.9 Å². The molecule has 1 amide bonds. The number of H-pyrrole nitrogens is 1. The fraction of sp³-hybridized carbons (Fsp3) is 0.167. The predicted octanol–water partition coefficient (Wildman–Crippen LogP) is 2.13. The lowest BCUT2D eigenvalue weighted by atomic mass is 10.2. The van der Waals surface area contributed by atoms with Crippen LogP contribution < -0.4 is 5.32 Å². The van der Waals surface area contributed by atoms with Crippen molar-refractivity contribution in [3.05, 3.63) is 30.0 Å². The standard InChI is InChI=1S/C12H11ClN2O3/c1-18-12(17)10-5-7-4-8(14-11(16)6-13)2-3-9(7)15-10/h2-5,15H,6H2,1H3,(H,14,16). The molecule has 2 aromatic rings. The number of hydrogen-bond donors (Lipinski definition) is 2. The molecule has 0 spiro atoms. The fourth-order valence-corrected chi connectivity index (χ4v) is 1.69. The van der Waals surface area contributed by atoms with Gasteiger partial charge in [-0.15, -0.1) is 11.6 Å². The molecule has 1 heterocycles. The van der Waals surface area contributed by atoms with Gasteiger partial charge < -0.3 is 15.0 Å². The Kier molecular flexibility index (Phi) is 3.53. The third-order valence-corrected chi connectivity index (χ3v) is 2.67. The number of halogens is 1. The summed E-state index contributed by atoms with van der Waals surface area (Å²) in [6.45, 7) is 0. The number of anilines is 1. The van der Waals surface area contributed by atoms with Crippen molar-refractivity contribution in [2.75, 3.05) is 18.3 Å². The number of fused-ring (bicyclic) bond motifs is 1. The van der Waals surface area contributed by atoms with Gasteiger partial charge >= 0.3 is 5.97 Å². The largest absolute Gasteiger partial charge is 0.464 e. The maximum Gasteiger partial charge on any atom is 0.354 e. The number of ether oxygens (including phenoxy) is 1. The van der Waals surface area contributed by atoms with E-state index in [0.29, 0.717) is 11.4 Å². The van der Waals surface area contributed by atoms with Crippen molar-refractivity contribution < 1.29 is 14.3 Å². The molecule has 94 valence electrons. The van der Waals surface area contributed by atoms with Gasteiger partial charge in [-0.25, -0.2) is 4.79 Å². The average Bonchev–Trinajstić information content (AvgIpc) is 2.80. The van der Waals surface area contributed by atoms with E-state index in [1.807, 2.05) is 0 Å². The number of aromatic amines is 1. The summed E-state index contributed by atoms with van der Waals surface area (Å²) >= 11 is 5.41. The van der Waals surface area contributed by atoms with Crippen LogP contribution in [0.3, 0.4) is 0 Å². The van der Waals surface area contributed by atoms with Gasteiger partial charge in [-0.05, 0) is 24.3 Å². The minimum Gasteiger partial charge on any atom is -0.464 e. The topological polar surface area (TPSA) is 71.2 Å². The highest BCUT2D eigenvalue weighted by molar-refractivity contribution is 6.29. The number of hydrogen-bond acceptors (Lipinski definition) is 3. The van der Waals surface area contributed by atoms with E-state index in [1.54, 1.807) is 24.3 Å². The monoisotopic (exact) mass is 266 g/mol. The van der Waals surface area contributed by atoms with Gasteiger partial charge in [0.25, 0.3) is 0 Å². The van der Waals surface area contributed by atoms with Crippen LogP contribution in [0.25, 0.3) is 10.9 Å². The highest BCUT2D eigenvalue weighted by Gasteiger charge is 2.10. The number of aromatic nitrogens is 1. The van der Waals surface area contributed by atoms with E-state index in [2.05, 4.69) is 15.0 Å². The van der Waals surface area contributed by atoms with Crippen LogP contribution in [0.2, 0.25) is 0 Å². The lowest BCUT2D eigenvalue weighted by molar-refractivity contribution is -0.113. The first-order valence-corrected chi connectivity index (χ1v) is 5.74. The van der Waals surface area contributed by atoms with E-state index in [4.69, 9.17) is 11.6 Å². The van der Waals surface area contributed by atoms with E-state index in [1.165, 1.54) is 7.11 Å². The first-order chi connectivity index (χ1) is 8.63. The number of methoxy groups -OCH3 is 1. The molecule has 0 saturated heterocycles. The van der Waals surface area contributed by atoms with Crippen molar-refractivity contribution in [3.63, 3.8) is 0 Å². The number of alkyl halides is 1. The van der Waals surface area contributed by atoms with Crippen LogP contribution in [0.4, 0.5) is 5.69 Å². The number of rotatable bonds is 3. The van der Waals surface area contributed by atoms with Crippen molar-refractivity contribution in [2.45, 2.75) is 0 Å². The SMILES string of the molecule is COC(=O)c1cc2cc(NC(=O)CCl)ccc2[nH]1. The smallest absolute Gasteiger partial charge is 0.354 e. The Morgan fingerprint density at radius 3 is 2.83 bits per heavy atom. The number of benzene rings is 1. The Hall–Kier alpha value is -2.01. The van der Waals surface area contributed by atoms with Gasteiger partial charge in [-0.3, -0.25) is 4.79 Å². The number of carbonyl (C=O) groups is 2. The molecule has 18 heavy (non-hydrogen) atoms. The van der Waals surface area contributed by atoms with Crippen LogP contribution >= 0.6 is 11.6 Å². The number of amides is 1. The molecule has 1 aromatic heterocycles. The summed E-state index contributed by atoms with van der Waals surface area (Å²) in [6.07, 6.45) is 0. The second kappa shape index (κ2) is 5.10. The van der Waals surface area contributed by atoms with Crippen molar-refractivity contribution in [3.8, 4) is 0 Å². The Morgan fingerprint density at radius 2 is 2.17 bits per heavy atom. The van der Waals surface area contributed by atoms with Crippen LogP contribution in [0.15, 0.2) is 24.3 Å². The summed E-state index contributed by atoms with van der Waals surface area (Å²) in [5.41, 5.74) is 1.79.